The van der Waals surface area contributed by atoms with E-state index in [1.807, 2.05) is 35.2 Å². The number of ketones is 1. The largest absolute Gasteiger partial charge is 0.549 e. The van der Waals surface area contributed by atoms with Gasteiger partial charge in [0.25, 0.3) is 0 Å². The van der Waals surface area contributed by atoms with Crippen LogP contribution in [0.15, 0.2) is 24.3 Å². The summed E-state index contributed by atoms with van der Waals surface area (Å²) < 4.78 is 0. The Morgan fingerprint density at radius 1 is 1.33 bits per heavy atom. The highest BCUT2D eigenvalue weighted by Gasteiger charge is 2.29. The number of nitrogens with zero attached hydrogens (tertiary/aromatic N) is 1. The highest BCUT2D eigenvalue weighted by molar-refractivity contribution is 5.99. The molecule has 0 bridgehead atoms. The Hall–Kier alpha value is -2.10. The number of carboxylic acids is 1. The van der Waals surface area contributed by atoms with Crippen molar-refractivity contribution in [2.45, 2.75) is 6.42 Å². The average Bonchev–Trinajstić information content (AvgIpc) is 2.32. The number of aliphatic carboxylic acids is 1. The van der Waals surface area contributed by atoms with Crippen LogP contribution in [0.1, 0.15) is 6.42 Å². The first-order valence-electron chi connectivity index (χ1n) is 5.96. The summed E-state index contributed by atoms with van der Waals surface area (Å²) in [6, 6.07) is 7.95. The number of likely N-dealkylation sites (tertiary alicyclic amines) is 1. The Balaban J connectivity index is 1.89. The summed E-state index contributed by atoms with van der Waals surface area (Å²) in [6.07, 6.45) is 2.30. The van der Waals surface area contributed by atoms with E-state index in [9.17, 15) is 14.7 Å². The zero-order chi connectivity index (χ0) is 12.7. The smallest absolute Gasteiger partial charge is 0.145 e. The first-order chi connectivity index (χ1) is 8.66. The maximum Gasteiger partial charge on any atom is 0.145 e. The van der Waals surface area contributed by atoms with Crippen molar-refractivity contribution in [3.8, 4) is 0 Å². The molecule has 1 fully saturated rings. The van der Waals surface area contributed by atoms with E-state index < -0.39 is 11.9 Å². The van der Waals surface area contributed by atoms with Crippen molar-refractivity contribution in [2.24, 2.45) is 5.92 Å². The quantitative estimate of drug-likeness (QED) is 0.576. The van der Waals surface area contributed by atoms with Crippen LogP contribution in [-0.4, -0.2) is 29.7 Å². The molecule has 4 heteroatoms. The molecular weight excluding hydrogens is 230 g/mol. The molecule has 0 amide bonds. The van der Waals surface area contributed by atoms with Crippen LogP contribution >= 0.6 is 0 Å². The molecule has 1 aromatic rings. The van der Waals surface area contributed by atoms with E-state index in [0.29, 0.717) is 6.54 Å². The third-order valence-electron chi connectivity index (χ3n) is 3.57. The van der Waals surface area contributed by atoms with Crippen molar-refractivity contribution in [3.63, 3.8) is 0 Å². The Morgan fingerprint density at radius 3 is 2.83 bits per heavy atom. The molecule has 0 spiro atoms. The topological polar surface area (TPSA) is 60.4 Å². The van der Waals surface area contributed by atoms with Gasteiger partial charge in [0.15, 0.2) is 0 Å². The fraction of sp³-hybridized carbons (Fsp3) is 0.286. The molecule has 4 nitrogen and oxygen atoms in total. The highest BCUT2D eigenvalue weighted by atomic mass is 16.4. The van der Waals surface area contributed by atoms with Gasteiger partial charge in [-0.1, -0.05) is 24.3 Å². The predicted octanol–water partition coefficient (Wildman–Crippen LogP) is -1.77. The molecule has 3 rings (SSSR count). The Labute approximate surface area is 104 Å². The third kappa shape index (κ3) is 1.61. The van der Waals surface area contributed by atoms with E-state index in [-0.39, 0.29) is 18.7 Å². The predicted molar refractivity (Wildman–Crippen MR) is 63.3 cm³/mol. The first-order valence-corrected chi connectivity index (χ1v) is 5.96. The van der Waals surface area contributed by atoms with Crippen LogP contribution < -0.4 is 15.5 Å². The number of hydrogen-bond acceptors (Lipinski definition) is 4. The summed E-state index contributed by atoms with van der Waals surface area (Å²) in [7, 11) is 0. The number of Topliss-reactive ketones (excluding diaryl/α,β-unsaturated/α-hetero) is 1. The van der Waals surface area contributed by atoms with Crippen LogP contribution in [0.25, 0.3) is 11.8 Å². The van der Waals surface area contributed by atoms with Crippen LogP contribution in [0.4, 0.5) is 0 Å². The lowest BCUT2D eigenvalue weighted by atomic mass is 9.94. The summed E-state index contributed by atoms with van der Waals surface area (Å²) in [5.41, 5.74) is 1.03. The van der Waals surface area contributed by atoms with Crippen LogP contribution in [0.2, 0.25) is 0 Å². The fourth-order valence-corrected chi connectivity index (χ4v) is 2.52. The SMILES string of the molecule is O=C([O-])C1CN(C2=c3ccccc3=C2)CCC1=O. The molecular formula is C14H12NO3-. The standard InChI is InChI=1S/C14H13NO3/c16-13-5-6-15(8-11(13)14(17)18)12-7-9-3-1-2-4-10(9)12/h1-4,7,11H,5-6,8H2,(H,17,18)/p-1. The van der Waals surface area contributed by atoms with Gasteiger partial charge in [0.1, 0.15) is 5.78 Å². The van der Waals surface area contributed by atoms with E-state index in [4.69, 9.17) is 0 Å². The summed E-state index contributed by atoms with van der Waals surface area (Å²) in [5.74, 6) is -2.48. The van der Waals surface area contributed by atoms with Crippen molar-refractivity contribution in [1.29, 1.82) is 0 Å². The molecule has 1 unspecified atom stereocenters. The Morgan fingerprint density at radius 2 is 2.11 bits per heavy atom. The maximum absolute atomic E-state index is 11.5. The molecule has 1 aliphatic carbocycles. The number of benzene rings is 1. The number of rotatable bonds is 2. The number of carboxylic acid groups (broad SMARTS) is 1. The number of piperidine rings is 1. The Bertz CT molecular complexity index is 647. The molecule has 0 N–H and O–H groups in total. The second-order valence-electron chi connectivity index (χ2n) is 4.65. The van der Waals surface area contributed by atoms with Gasteiger partial charge in [-0.2, -0.15) is 0 Å². The molecule has 1 aromatic carbocycles. The zero-order valence-electron chi connectivity index (χ0n) is 9.76. The molecule has 92 valence electrons. The lowest BCUT2D eigenvalue weighted by Crippen LogP contribution is -2.51. The van der Waals surface area contributed by atoms with Crippen molar-refractivity contribution < 1.29 is 14.7 Å². The van der Waals surface area contributed by atoms with Crippen molar-refractivity contribution in [3.05, 3.63) is 34.7 Å². The van der Waals surface area contributed by atoms with Gasteiger partial charge < -0.3 is 14.8 Å². The summed E-state index contributed by atoms with van der Waals surface area (Å²) >= 11 is 0. The summed E-state index contributed by atoms with van der Waals surface area (Å²) in [6.45, 7) is 0.810. The van der Waals surface area contributed by atoms with E-state index in [0.717, 1.165) is 16.1 Å². The number of carbonyl (C=O) groups excluding carboxylic acids is 2. The minimum absolute atomic E-state index is 0.223. The molecule has 1 atom stereocenters. The molecule has 1 aliphatic heterocycles. The normalized spacial score (nSPS) is 22.0. The first kappa shape index (κ1) is 11.0. The van der Waals surface area contributed by atoms with Crippen LogP contribution in [0, 0.1) is 5.92 Å². The monoisotopic (exact) mass is 242 g/mol. The third-order valence-corrected chi connectivity index (χ3v) is 3.57. The van der Waals surface area contributed by atoms with Gasteiger partial charge in [-0.25, -0.2) is 0 Å². The maximum atomic E-state index is 11.5. The van der Waals surface area contributed by atoms with Gasteiger partial charge in [-0.3, -0.25) is 4.79 Å². The molecule has 1 saturated heterocycles. The summed E-state index contributed by atoms with van der Waals surface area (Å²) in [5, 5.41) is 13.2. The highest BCUT2D eigenvalue weighted by Crippen LogP contribution is 2.19. The van der Waals surface area contributed by atoms with Gasteiger partial charge in [0, 0.05) is 30.4 Å². The van der Waals surface area contributed by atoms with E-state index in [2.05, 4.69) is 0 Å². The molecule has 0 radical (unpaired) electrons. The minimum atomic E-state index is -1.27. The molecule has 0 saturated carbocycles. The number of fused-ring (bicyclic) bond motifs is 1. The minimum Gasteiger partial charge on any atom is -0.549 e. The zero-order valence-corrected chi connectivity index (χ0v) is 9.76. The summed E-state index contributed by atoms with van der Waals surface area (Å²) in [4.78, 5) is 24.4. The van der Waals surface area contributed by atoms with Crippen LogP contribution in [0.3, 0.4) is 0 Å². The van der Waals surface area contributed by atoms with Gasteiger partial charge in [0.05, 0.1) is 11.9 Å². The lowest BCUT2D eigenvalue weighted by molar-refractivity contribution is -0.310. The van der Waals surface area contributed by atoms with Crippen molar-refractivity contribution in [1.82, 2.24) is 4.90 Å². The average molecular weight is 242 g/mol. The number of hydrogen-bond donors (Lipinski definition) is 0. The van der Waals surface area contributed by atoms with E-state index >= 15 is 0 Å². The van der Waals surface area contributed by atoms with Gasteiger partial charge in [-0.15, -0.1) is 0 Å². The molecule has 18 heavy (non-hydrogen) atoms. The Kier molecular flexibility index (Phi) is 2.44. The van der Waals surface area contributed by atoms with E-state index in [1.165, 1.54) is 0 Å². The van der Waals surface area contributed by atoms with Gasteiger partial charge in [-0.05, 0) is 11.3 Å². The second kappa shape index (κ2) is 3.98. The second-order valence-corrected chi connectivity index (χ2v) is 4.65. The lowest BCUT2D eigenvalue weighted by Gasteiger charge is -2.36. The van der Waals surface area contributed by atoms with Crippen molar-refractivity contribution in [2.75, 3.05) is 13.1 Å². The van der Waals surface area contributed by atoms with Crippen LogP contribution in [0.5, 0.6) is 0 Å². The van der Waals surface area contributed by atoms with Crippen molar-refractivity contribution >= 4 is 23.5 Å². The van der Waals surface area contributed by atoms with E-state index in [1.54, 1.807) is 0 Å². The number of carbonyl (C=O) groups is 2. The van der Waals surface area contributed by atoms with Gasteiger partial charge in [0.2, 0.25) is 0 Å². The molecule has 1 heterocycles. The molecule has 0 aromatic heterocycles. The fourth-order valence-electron chi connectivity index (χ4n) is 2.52. The van der Waals surface area contributed by atoms with Gasteiger partial charge >= 0.3 is 0 Å². The van der Waals surface area contributed by atoms with Crippen LogP contribution in [-0.2, 0) is 9.59 Å². The molecule has 2 aliphatic rings.